The second kappa shape index (κ2) is 5.81. The molecule has 3 heteroatoms. The predicted molar refractivity (Wildman–Crippen MR) is 89.0 cm³/mol. The molecule has 3 aliphatic rings. The van der Waals surface area contributed by atoms with E-state index in [1.165, 1.54) is 62.9 Å². The Kier molecular flexibility index (Phi) is 3.85. The Balaban J connectivity index is 1.55. The van der Waals surface area contributed by atoms with Crippen molar-refractivity contribution in [3.63, 3.8) is 0 Å². The van der Waals surface area contributed by atoms with Crippen LogP contribution in [-0.4, -0.2) is 19.1 Å². The van der Waals surface area contributed by atoms with Crippen molar-refractivity contribution in [1.82, 2.24) is 5.32 Å². The van der Waals surface area contributed by atoms with Gasteiger partial charge >= 0.3 is 0 Å². The third-order valence-electron chi connectivity index (χ3n) is 4.90. The number of benzene rings is 1. The molecule has 3 saturated carbocycles. The summed E-state index contributed by atoms with van der Waals surface area (Å²) >= 11 is 6.59. The molecule has 0 aliphatic heterocycles. The first-order valence-corrected chi connectivity index (χ1v) is 8.93. The molecular weight excluding hydrogens is 280 g/mol. The minimum Gasteiger partial charge on any atom is -0.370 e. The third kappa shape index (κ3) is 3.73. The largest absolute Gasteiger partial charge is 0.370 e. The first-order chi connectivity index (χ1) is 10.3. The lowest BCUT2D eigenvalue weighted by molar-refractivity contribution is 0.659. The zero-order valence-electron chi connectivity index (χ0n) is 12.7. The van der Waals surface area contributed by atoms with Gasteiger partial charge in [-0.25, -0.2) is 0 Å². The van der Waals surface area contributed by atoms with Gasteiger partial charge < -0.3 is 10.2 Å². The molecule has 0 atom stereocenters. The highest BCUT2D eigenvalue weighted by Crippen LogP contribution is 2.39. The van der Waals surface area contributed by atoms with Crippen molar-refractivity contribution < 1.29 is 0 Å². The molecule has 0 saturated heterocycles. The maximum Gasteiger partial charge on any atom is 0.0642 e. The molecule has 0 spiro atoms. The molecule has 2 nitrogen and oxygen atoms in total. The fraction of sp³-hybridized carbons (Fsp3) is 0.667. The van der Waals surface area contributed by atoms with Gasteiger partial charge in [0.25, 0.3) is 0 Å². The molecule has 1 aromatic carbocycles. The molecule has 0 heterocycles. The van der Waals surface area contributed by atoms with Crippen molar-refractivity contribution in [2.45, 2.75) is 51.1 Å². The Morgan fingerprint density at radius 3 is 2.24 bits per heavy atom. The van der Waals surface area contributed by atoms with Crippen LogP contribution >= 0.6 is 11.6 Å². The molecule has 3 aliphatic carbocycles. The summed E-state index contributed by atoms with van der Waals surface area (Å²) in [6, 6.07) is 7.16. The fourth-order valence-electron chi connectivity index (χ4n) is 3.08. The average molecular weight is 305 g/mol. The van der Waals surface area contributed by atoms with E-state index in [2.05, 4.69) is 28.4 Å². The molecule has 1 N–H and O–H groups in total. The standard InChI is InChI=1S/C18H25ClN2/c19-17-3-1-2-15(10-20-16-8-9-16)18(17)21(11-13-4-5-13)12-14-6-7-14/h1-3,13-14,16,20H,4-12H2. The highest BCUT2D eigenvalue weighted by atomic mass is 35.5. The van der Waals surface area contributed by atoms with Crippen LogP contribution in [0, 0.1) is 11.8 Å². The number of nitrogens with one attached hydrogen (secondary N) is 1. The Labute approximate surface area is 132 Å². The summed E-state index contributed by atoms with van der Waals surface area (Å²) in [4.78, 5) is 2.60. The van der Waals surface area contributed by atoms with Crippen LogP contribution in [0.1, 0.15) is 44.1 Å². The summed E-state index contributed by atoms with van der Waals surface area (Å²) < 4.78 is 0. The van der Waals surface area contributed by atoms with Crippen LogP contribution in [0.3, 0.4) is 0 Å². The Hall–Kier alpha value is -0.730. The second-order valence-corrected chi connectivity index (χ2v) is 7.60. The van der Waals surface area contributed by atoms with Crippen molar-refractivity contribution in [3.05, 3.63) is 28.8 Å². The summed E-state index contributed by atoms with van der Waals surface area (Å²) in [6.45, 7) is 3.37. The van der Waals surface area contributed by atoms with Crippen molar-refractivity contribution in [2.24, 2.45) is 11.8 Å². The molecule has 3 fully saturated rings. The molecule has 21 heavy (non-hydrogen) atoms. The van der Waals surface area contributed by atoms with Crippen LogP contribution in [0.2, 0.25) is 5.02 Å². The Morgan fingerprint density at radius 2 is 1.67 bits per heavy atom. The third-order valence-corrected chi connectivity index (χ3v) is 5.20. The van der Waals surface area contributed by atoms with Crippen LogP contribution in [0.4, 0.5) is 5.69 Å². The number of para-hydroxylation sites is 1. The van der Waals surface area contributed by atoms with Gasteiger partial charge in [0.1, 0.15) is 0 Å². The van der Waals surface area contributed by atoms with E-state index in [4.69, 9.17) is 11.6 Å². The molecule has 4 rings (SSSR count). The Morgan fingerprint density at radius 1 is 1.00 bits per heavy atom. The van der Waals surface area contributed by atoms with Gasteiger partial charge in [-0.2, -0.15) is 0 Å². The van der Waals surface area contributed by atoms with E-state index in [1.807, 2.05) is 0 Å². The smallest absolute Gasteiger partial charge is 0.0642 e. The van der Waals surface area contributed by atoms with Gasteiger partial charge in [0, 0.05) is 25.7 Å². The minimum atomic E-state index is 0.747. The zero-order valence-corrected chi connectivity index (χ0v) is 13.4. The lowest BCUT2D eigenvalue weighted by Gasteiger charge is -2.28. The highest BCUT2D eigenvalue weighted by Gasteiger charge is 2.31. The van der Waals surface area contributed by atoms with Gasteiger partial charge in [-0.3, -0.25) is 0 Å². The molecule has 114 valence electrons. The van der Waals surface area contributed by atoms with E-state index in [0.717, 1.165) is 29.4 Å². The van der Waals surface area contributed by atoms with E-state index in [-0.39, 0.29) is 0 Å². The van der Waals surface area contributed by atoms with E-state index in [0.29, 0.717) is 0 Å². The first kappa shape index (κ1) is 13.9. The van der Waals surface area contributed by atoms with Gasteiger partial charge in [0.05, 0.1) is 10.7 Å². The van der Waals surface area contributed by atoms with E-state index >= 15 is 0 Å². The van der Waals surface area contributed by atoms with E-state index in [9.17, 15) is 0 Å². The summed E-state index contributed by atoms with van der Waals surface area (Å²) in [5.41, 5.74) is 2.70. The lowest BCUT2D eigenvalue weighted by Crippen LogP contribution is -2.30. The van der Waals surface area contributed by atoms with Gasteiger partial charge in [0.2, 0.25) is 0 Å². The molecule has 0 aromatic heterocycles. The van der Waals surface area contributed by atoms with Crippen molar-refractivity contribution >= 4 is 17.3 Å². The fourth-order valence-corrected chi connectivity index (χ4v) is 3.39. The molecule has 0 bridgehead atoms. The van der Waals surface area contributed by atoms with Crippen LogP contribution in [0.15, 0.2) is 18.2 Å². The number of halogens is 1. The summed E-state index contributed by atoms with van der Waals surface area (Å²) in [5.74, 6) is 1.81. The number of hydrogen-bond acceptors (Lipinski definition) is 2. The van der Waals surface area contributed by atoms with Crippen LogP contribution in [-0.2, 0) is 6.54 Å². The van der Waals surface area contributed by atoms with Gasteiger partial charge in [-0.1, -0.05) is 23.7 Å². The van der Waals surface area contributed by atoms with Crippen LogP contribution in [0.5, 0.6) is 0 Å². The topological polar surface area (TPSA) is 15.3 Å². The quantitative estimate of drug-likeness (QED) is 0.773. The highest BCUT2D eigenvalue weighted by molar-refractivity contribution is 6.33. The number of hydrogen-bond donors (Lipinski definition) is 1. The predicted octanol–water partition coefficient (Wildman–Crippen LogP) is 4.22. The van der Waals surface area contributed by atoms with Crippen LogP contribution in [0.25, 0.3) is 0 Å². The van der Waals surface area contributed by atoms with Crippen molar-refractivity contribution in [2.75, 3.05) is 18.0 Å². The summed E-state index contributed by atoms with van der Waals surface area (Å²) in [6.07, 6.45) is 8.29. The van der Waals surface area contributed by atoms with Gasteiger partial charge in [-0.15, -0.1) is 0 Å². The maximum atomic E-state index is 6.59. The molecule has 1 aromatic rings. The number of anilines is 1. The van der Waals surface area contributed by atoms with Crippen LogP contribution < -0.4 is 10.2 Å². The Bertz CT molecular complexity index is 490. The lowest BCUT2D eigenvalue weighted by atomic mass is 10.1. The molecule has 0 radical (unpaired) electrons. The summed E-state index contributed by atoms with van der Waals surface area (Å²) in [7, 11) is 0. The van der Waals surface area contributed by atoms with Gasteiger partial charge in [-0.05, 0) is 62.0 Å². The molecule has 0 unspecified atom stereocenters. The minimum absolute atomic E-state index is 0.747. The maximum absolute atomic E-state index is 6.59. The van der Waals surface area contributed by atoms with Crippen molar-refractivity contribution in [3.8, 4) is 0 Å². The summed E-state index contributed by atoms with van der Waals surface area (Å²) in [5, 5.41) is 4.58. The van der Waals surface area contributed by atoms with Gasteiger partial charge in [0.15, 0.2) is 0 Å². The monoisotopic (exact) mass is 304 g/mol. The normalized spacial score (nSPS) is 21.6. The molecular formula is C18H25ClN2. The zero-order chi connectivity index (χ0) is 14.2. The average Bonchev–Trinajstić information content (AvgIpc) is 3.33. The van der Waals surface area contributed by atoms with E-state index in [1.54, 1.807) is 0 Å². The SMILES string of the molecule is Clc1cccc(CNC2CC2)c1N(CC1CC1)CC1CC1. The van der Waals surface area contributed by atoms with Crippen molar-refractivity contribution in [1.29, 1.82) is 0 Å². The second-order valence-electron chi connectivity index (χ2n) is 7.19. The number of nitrogens with zero attached hydrogens (tertiary/aromatic N) is 1. The first-order valence-electron chi connectivity index (χ1n) is 8.55. The number of rotatable bonds is 8. The molecule has 0 amide bonds. The van der Waals surface area contributed by atoms with E-state index < -0.39 is 0 Å².